The Labute approximate surface area is 289 Å². The third kappa shape index (κ3) is 6.42. The number of alkyl halides is 3. The quantitative estimate of drug-likeness (QED) is 0.231. The van der Waals surface area contributed by atoms with E-state index in [1.807, 2.05) is 6.92 Å². The van der Waals surface area contributed by atoms with E-state index in [1.54, 1.807) is 37.2 Å². The average Bonchev–Trinajstić information content (AvgIpc) is 3.57. The van der Waals surface area contributed by atoms with Crippen LogP contribution >= 0.6 is 11.6 Å². The number of aromatic nitrogens is 5. The summed E-state index contributed by atoms with van der Waals surface area (Å²) in [4.78, 5) is 51.2. The van der Waals surface area contributed by atoms with E-state index in [4.69, 9.17) is 16.3 Å². The predicted octanol–water partition coefficient (Wildman–Crippen LogP) is 6.80. The first-order valence-electron chi connectivity index (χ1n) is 16.1. The Morgan fingerprint density at radius 1 is 1.10 bits per heavy atom. The van der Waals surface area contributed by atoms with Crippen LogP contribution in [0.4, 0.5) is 28.0 Å². The molecule has 3 aromatic heterocycles. The largest absolute Gasteiger partial charge is 0.444 e. The maximum Gasteiger partial charge on any atom is 0.416 e. The van der Waals surface area contributed by atoms with Crippen molar-refractivity contribution in [3.8, 4) is 11.4 Å². The standard InChI is InChI=1S/C34H36ClF4N7O4/c1-17-15-33(9-11-44(12-10-33)31(49)50-32(4,5)6)25-27(17)45(16-24(47)41-23-8-7-20(14-22(23)35)34(37,38)39)30-42-28(43-46(30)29(25)48)21-13-18(2)40-19(3)26(21)36/h7-8,13-14,17H,9-12,15-16H2,1-6H3,(H,41,47). The minimum atomic E-state index is -4.62. The fourth-order valence-electron chi connectivity index (χ4n) is 7.14. The molecule has 4 aromatic rings. The number of pyridine rings is 1. The molecule has 1 spiro atoms. The number of nitrogens with one attached hydrogen (secondary N) is 1. The van der Waals surface area contributed by atoms with E-state index in [0.29, 0.717) is 49.3 Å². The van der Waals surface area contributed by atoms with Gasteiger partial charge in [0.15, 0.2) is 11.6 Å². The number of carbonyl (C=O) groups excluding carboxylic acids is 2. The molecule has 0 saturated carbocycles. The van der Waals surface area contributed by atoms with Gasteiger partial charge >= 0.3 is 12.3 Å². The second-order valence-corrected chi connectivity index (χ2v) is 14.5. The van der Waals surface area contributed by atoms with Crippen LogP contribution in [0.5, 0.6) is 0 Å². The minimum absolute atomic E-state index is 0.0148. The molecule has 1 saturated heterocycles. The monoisotopic (exact) mass is 717 g/mol. The van der Waals surface area contributed by atoms with Gasteiger partial charge in [-0.25, -0.2) is 9.18 Å². The lowest BCUT2D eigenvalue weighted by Crippen LogP contribution is -2.48. The molecule has 1 aliphatic carbocycles. The van der Waals surface area contributed by atoms with Crippen LogP contribution in [0.1, 0.15) is 81.1 Å². The van der Waals surface area contributed by atoms with E-state index in [2.05, 4.69) is 20.4 Å². The third-order valence-electron chi connectivity index (χ3n) is 9.22. The molecule has 266 valence electrons. The molecular formula is C34H36ClF4N7O4. The Morgan fingerprint density at radius 2 is 1.78 bits per heavy atom. The highest BCUT2D eigenvalue weighted by Crippen LogP contribution is 2.50. The minimum Gasteiger partial charge on any atom is -0.444 e. The summed E-state index contributed by atoms with van der Waals surface area (Å²) in [6.07, 6.45) is -3.65. The number of amides is 2. The number of fused-ring (bicyclic) bond motifs is 3. The molecule has 2 aliphatic rings. The fourth-order valence-corrected chi connectivity index (χ4v) is 7.37. The lowest BCUT2D eigenvalue weighted by Gasteiger charge is -2.40. The van der Waals surface area contributed by atoms with Gasteiger partial charge in [-0.2, -0.15) is 22.7 Å². The van der Waals surface area contributed by atoms with E-state index in [1.165, 1.54) is 13.0 Å². The molecule has 1 unspecified atom stereocenters. The number of hydrogen-bond donors (Lipinski definition) is 1. The van der Waals surface area contributed by atoms with E-state index in [0.717, 1.165) is 22.7 Å². The molecule has 2 amide bonds. The van der Waals surface area contributed by atoms with Gasteiger partial charge in [-0.3, -0.25) is 14.6 Å². The van der Waals surface area contributed by atoms with Crippen molar-refractivity contribution in [3.05, 3.63) is 73.7 Å². The normalized spacial score (nSPS) is 17.3. The van der Waals surface area contributed by atoms with Gasteiger partial charge in [0.2, 0.25) is 11.7 Å². The number of likely N-dealkylation sites (tertiary alicyclic amines) is 1. The van der Waals surface area contributed by atoms with Crippen LogP contribution in [0.2, 0.25) is 5.02 Å². The van der Waals surface area contributed by atoms with Crippen molar-refractivity contribution in [2.75, 3.05) is 18.4 Å². The van der Waals surface area contributed by atoms with Gasteiger partial charge in [0, 0.05) is 35.5 Å². The van der Waals surface area contributed by atoms with Crippen LogP contribution < -0.4 is 10.9 Å². The van der Waals surface area contributed by atoms with Gasteiger partial charge in [-0.15, -0.1) is 5.10 Å². The van der Waals surface area contributed by atoms with Crippen molar-refractivity contribution < 1.29 is 31.9 Å². The first-order chi connectivity index (χ1) is 23.3. The van der Waals surface area contributed by atoms with Crippen molar-refractivity contribution in [2.45, 2.75) is 90.5 Å². The Bertz CT molecular complexity index is 2100. The van der Waals surface area contributed by atoms with E-state index < -0.39 is 52.7 Å². The lowest BCUT2D eigenvalue weighted by molar-refractivity contribution is -0.137. The third-order valence-corrected chi connectivity index (χ3v) is 9.53. The maximum absolute atomic E-state index is 15.4. The highest BCUT2D eigenvalue weighted by atomic mass is 35.5. The second kappa shape index (κ2) is 12.4. The number of halogens is 5. The number of carbonyl (C=O) groups is 2. The van der Waals surface area contributed by atoms with Crippen LogP contribution in [0, 0.1) is 19.7 Å². The van der Waals surface area contributed by atoms with Gasteiger partial charge in [0.05, 0.1) is 27.5 Å². The molecule has 1 atom stereocenters. The summed E-state index contributed by atoms with van der Waals surface area (Å²) in [5.74, 6) is -1.66. The lowest BCUT2D eigenvalue weighted by atomic mass is 9.74. The number of aryl methyl sites for hydroxylation is 2. The number of benzene rings is 1. The molecule has 1 aromatic carbocycles. The maximum atomic E-state index is 15.4. The number of hydrogen-bond acceptors (Lipinski definition) is 7. The summed E-state index contributed by atoms with van der Waals surface area (Å²) >= 11 is 6.13. The summed E-state index contributed by atoms with van der Waals surface area (Å²) in [5.41, 5.74) is -1.19. The number of piperidine rings is 1. The van der Waals surface area contributed by atoms with Crippen LogP contribution in [0.15, 0.2) is 29.1 Å². The zero-order valence-electron chi connectivity index (χ0n) is 28.3. The Hall–Kier alpha value is -4.53. The fraction of sp³-hybridized carbons (Fsp3) is 0.471. The van der Waals surface area contributed by atoms with Crippen molar-refractivity contribution >= 4 is 35.1 Å². The highest BCUT2D eigenvalue weighted by Gasteiger charge is 2.49. The van der Waals surface area contributed by atoms with Gasteiger partial charge in [-0.05, 0) is 84.1 Å². The first kappa shape index (κ1) is 35.3. The van der Waals surface area contributed by atoms with Crippen molar-refractivity contribution in [1.29, 1.82) is 0 Å². The SMILES string of the molecule is Cc1cc(-c2nc3n(CC(=O)Nc4ccc(C(F)(F)F)cc4Cl)c4c(c(=O)n3n2)C2(CCN(C(=O)OC(C)(C)C)CC2)CC4C)c(F)c(C)n1. The average molecular weight is 718 g/mol. The molecule has 11 nitrogen and oxygen atoms in total. The molecule has 1 aliphatic heterocycles. The Kier molecular flexibility index (Phi) is 8.72. The molecule has 50 heavy (non-hydrogen) atoms. The van der Waals surface area contributed by atoms with Gasteiger partial charge in [-0.1, -0.05) is 18.5 Å². The van der Waals surface area contributed by atoms with Crippen molar-refractivity contribution in [1.82, 2.24) is 29.0 Å². The molecule has 0 bridgehead atoms. The van der Waals surface area contributed by atoms with Crippen LogP contribution in [-0.2, 0) is 27.7 Å². The first-order valence-corrected chi connectivity index (χ1v) is 16.5. The zero-order valence-corrected chi connectivity index (χ0v) is 29.1. The number of rotatable bonds is 4. The molecule has 16 heteroatoms. The highest BCUT2D eigenvalue weighted by molar-refractivity contribution is 6.33. The number of nitrogens with zero attached hydrogens (tertiary/aromatic N) is 6. The van der Waals surface area contributed by atoms with Crippen molar-refractivity contribution in [3.63, 3.8) is 0 Å². The van der Waals surface area contributed by atoms with Gasteiger partial charge in [0.25, 0.3) is 5.56 Å². The second-order valence-electron chi connectivity index (χ2n) is 14.1. The molecule has 1 fully saturated rings. The topological polar surface area (TPSA) is 124 Å². The molecule has 0 radical (unpaired) electrons. The van der Waals surface area contributed by atoms with Crippen LogP contribution in [0.25, 0.3) is 17.2 Å². The van der Waals surface area contributed by atoms with E-state index in [9.17, 15) is 27.6 Å². The molecule has 6 rings (SSSR count). The summed E-state index contributed by atoms with van der Waals surface area (Å²) < 4.78 is 63.2. The van der Waals surface area contributed by atoms with Gasteiger partial charge in [0.1, 0.15) is 12.1 Å². The van der Waals surface area contributed by atoms with E-state index in [-0.39, 0.29) is 39.5 Å². The number of anilines is 1. The molecule has 1 N–H and O–H groups in total. The van der Waals surface area contributed by atoms with Gasteiger partial charge < -0.3 is 19.5 Å². The Morgan fingerprint density at radius 3 is 2.40 bits per heavy atom. The smallest absolute Gasteiger partial charge is 0.416 e. The zero-order chi connectivity index (χ0) is 36.5. The summed E-state index contributed by atoms with van der Waals surface area (Å²) in [5, 5.41) is 6.71. The van der Waals surface area contributed by atoms with Crippen LogP contribution in [0.3, 0.4) is 0 Å². The summed E-state index contributed by atoms with van der Waals surface area (Å²) in [6, 6.07) is 4.07. The summed E-state index contributed by atoms with van der Waals surface area (Å²) in [7, 11) is 0. The number of ether oxygens (including phenoxy) is 1. The summed E-state index contributed by atoms with van der Waals surface area (Å²) in [6.45, 7) is 10.7. The van der Waals surface area contributed by atoms with E-state index >= 15 is 4.39 Å². The van der Waals surface area contributed by atoms with Crippen molar-refractivity contribution in [2.24, 2.45) is 0 Å². The van der Waals surface area contributed by atoms with Crippen LogP contribution in [-0.4, -0.2) is 59.7 Å². The predicted molar refractivity (Wildman–Crippen MR) is 177 cm³/mol. The Balaban J connectivity index is 1.44. The molecule has 4 heterocycles. The molecular weight excluding hydrogens is 682 g/mol.